The minimum atomic E-state index is -0.175. The smallest absolute Gasteiger partial charge is 0.0661 e. The predicted octanol–water partition coefficient (Wildman–Crippen LogP) is 4.53. The molecule has 0 aromatic rings. The van der Waals surface area contributed by atoms with Gasteiger partial charge in [-0.05, 0) is 79.4 Å². The lowest BCUT2D eigenvalue weighted by molar-refractivity contribution is -0.166. The van der Waals surface area contributed by atoms with Crippen molar-refractivity contribution >= 4 is 0 Å². The molecule has 0 aromatic carbocycles. The van der Waals surface area contributed by atoms with Gasteiger partial charge < -0.3 is 5.11 Å². The maximum atomic E-state index is 11.1. The third kappa shape index (κ3) is 1.81. The molecule has 8 unspecified atom stereocenters. The van der Waals surface area contributed by atoms with Crippen LogP contribution in [0.5, 0.6) is 0 Å². The van der Waals surface area contributed by atoms with Crippen molar-refractivity contribution in [1.82, 2.24) is 0 Å². The normalized spacial score (nSPS) is 57.4. The molecule has 2 heteroatoms. The molecule has 0 saturated heterocycles. The highest BCUT2D eigenvalue weighted by molar-refractivity contribution is 5.14. The maximum Gasteiger partial charge on any atom is 0.0661 e. The number of aliphatic hydroxyl groups is 1. The fourth-order valence-electron chi connectivity index (χ4n) is 7.63. The number of nitrogens with zero attached hydrogens (tertiary/aromatic N) is 1. The summed E-state index contributed by atoms with van der Waals surface area (Å²) < 4.78 is 0. The lowest BCUT2D eigenvalue weighted by Crippen LogP contribution is -2.58. The molecule has 22 heavy (non-hydrogen) atoms. The lowest BCUT2D eigenvalue weighted by Gasteiger charge is -2.61. The van der Waals surface area contributed by atoms with Gasteiger partial charge in [-0.15, -0.1) is 0 Å². The first-order valence-electron chi connectivity index (χ1n) is 9.58. The Morgan fingerprint density at radius 3 is 2.59 bits per heavy atom. The van der Waals surface area contributed by atoms with E-state index < -0.39 is 0 Å². The molecule has 0 spiro atoms. The Labute approximate surface area is 135 Å². The van der Waals surface area contributed by atoms with E-state index in [-0.39, 0.29) is 17.4 Å². The quantitative estimate of drug-likeness (QED) is 0.714. The molecular formula is C20H31NO. The second kappa shape index (κ2) is 4.97. The number of nitriles is 1. The van der Waals surface area contributed by atoms with E-state index in [1.54, 1.807) is 0 Å². The molecule has 0 bridgehead atoms. The Hall–Kier alpha value is -0.550. The van der Waals surface area contributed by atoms with Crippen LogP contribution in [0.1, 0.15) is 71.6 Å². The number of hydrogen-bond donors (Lipinski definition) is 1. The summed E-state index contributed by atoms with van der Waals surface area (Å²) in [6.07, 6.45) is 11.1. The van der Waals surface area contributed by atoms with E-state index in [1.165, 1.54) is 44.9 Å². The average molecular weight is 301 g/mol. The third-order valence-corrected chi connectivity index (χ3v) is 8.67. The highest BCUT2D eigenvalue weighted by Gasteiger charge is 2.62. The van der Waals surface area contributed by atoms with Crippen molar-refractivity contribution in [3.05, 3.63) is 0 Å². The number of rotatable bonds is 0. The molecule has 0 radical (unpaired) electrons. The highest BCUT2D eigenvalue weighted by Crippen LogP contribution is 2.67. The third-order valence-electron chi connectivity index (χ3n) is 8.67. The van der Waals surface area contributed by atoms with Gasteiger partial charge in [0, 0.05) is 0 Å². The summed E-state index contributed by atoms with van der Waals surface area (Å²) in [5.74, 6) is 2.87. The largest absolute Gasteiger partial charge is 0.393 e. The van der Waals surface area contributed by atoms with Crippen molar-refractivity contribution in [2.24, 2.45) is 40.4 Å². The molecule has 0 aliphatic heterocycles. The van der Waals surface area contributed by atoms with E-state index in [1.807, 2.05) is 0 Å². The second-order valence-corrected chi connectivity index (χ2v) is 9.36. The minimum Gasteiger partial charge on any atom is -0.393 e. The first kappa shape index (κ1) is 15.0. The van der Waals surface area contributed by atoms with Crippen LogP contribution in [0, 0.1) is 51.8 Å². The summed E-state index contributed by atoms with van der Waals surface area (Å²) in [4.78, 5) is 0. The molecule has 4 aliphatic rings. The van der Waals surface area contributed by atoms with Crippen LogP contribution in [0.3, 0.4) is 0 Å². The van der Waals surface area contributed by atoms with Gasteiger partial charge >= 0.3 is 0 Å². The van der Waals surface area contributed by atoms with E-state index >= 15 is 0 Å². The van der Waals surface area contributed by atoms with Crippen LogP contribution >= 0.6 is 0 Å². The van der Waals surface area contributed by atoms with Gasteiger partial charge in [-0.1, -0.05) is 26.7 Å². The summed E-state index contributed by atoms with van der Waals surface area (Å²) in [5.41, 5.74) is 0.444. The van der Waals surface area contributed by atoms with E-state index in [4.69, 9.17) is 0 Å². The van der Waals surface area contributed by atoms with Gasteiger partial charge in [0.05, 0.1) is 18.1 Å². The van der Waals surface area contributed by atoms with Crippen molar-refractivity contribution in [3.63, 3.8) is 0 Å². The molecule has 4 fully saturated rings. The van der Waals surface area contributed by atoms with Crippen LogP contribution in [0.15, 0.2) is 0 Å². The molecule has 0 aromatic heterocycles. The van der Waals surface area contributed by atoms with Crippen molar-refractivity contribution < 1.29 is 5.11 Å². The van der Waals surface area contributed by atoms with Crippen LogP contribution in [0.25, 0.3) is 0 Å². The molecule has 122 valence electrons. The van der Waals surface area contributed by atoms with Crippen molar-refractivity contribution in [1.29, 1.82) is 5.26 Å². The number of aliphatic hydroxyl groups excluding tert-OH is 1. The van der Waals surface area contributed by atoms with Gasteiger partial charge in [0.25, 0.3) is 0 Å². The van der Waals surface area contributed by atoms with E-state index in [0.717, 1.165) is 18.8 Å². The Morgan fingerprint density at radius 1 is 1.00 bits per heavy atom. The Balaban J connectivity index is 1.70. The zero-order valence-electron chi connectivity index (χ0n) is 14.2. The van der Waals surface area contributed by atoms with Crippen molar-refractivity contribution in [3.8, 4) is 6.07 Å². The average Bonchev–Trinajstić information content (AvgIpc) is 2.82. The van der Waals surface area contributed by atoms with Gasteiger partial charge in [0.15, 0.2) is 0 Å². The predicted molar refractivity (Wildman–Crippen MR) is 86.8 cm³/mol. The maximum absolute atomic E-state index is 11.1. The van der Waals surface area contributed by atoms with Gasteiger partial charge in [0.1, 0.15) is 0 Å². The summed E-state index contributed by atoms with van der Waals surface area (Å²) in [5, 5.41) is 20.7. The molecule has 0 heterocycles. The standard InChI is InChI=1S/C20H31NO/c1-19-10-4-3-5-13(19)6-8-15-16-9-7-14(12-21)20(16,2)11-17(22)18(15)19/h13-18,22H,3-11H2,1-2H3. The summed E-state index contributed by atoms with van der Waals surface area (Å²) in [6.45, 7) is 4.81. The zero-order chi connectivity index (χ0) is 15.5. The Kier molecular flexibility index (Phi) is 3.39. The van der Waals surface area contributed by atoms with E-state index in [0.29, 0.717) is 23.2 Å². The first-order valence-corrected chi connectivity index (χ1v) is 9.58. The molecule has 4 rings (SSSR count). The fourth-order valence-corrected chi connectivity index (χ4v) is 7.63. The second-order valence-electron chi connectivity index (χ2n) is 9.36. The van der Waals surface area contributed by atoms with Crippen LogP contribution in [-0.4, -0.2) is 11.2 Å². The highest BCUT2D eigenvalue weighted by atomic mass is 16.3. The molecule has 8 atom stereocenters. The monoisotopic (exact) mass is 301 g/mol. The number of hydrogen-bond acceptors (Lipinski definition) is 2. The minimum absolute atomic E-state index is 0.0766. The van der Waals surface area contributed by atoms with Crippen molar-refractivity contribution in [2.45, 2.75) is 77.7 Å². The first-order chi connectivity index (χ1) is 10.5. The van der Waals surface area contributed by atoms with Gasteiger partial charge in [0.2, 0.25) is 0 Å². The van der Waals surface area contributed by atoms with Crippen LogP contribution in [0.4, 0.5) is 0 Å². The van der Waals surface area contributed by atoms with Gasteiger partial charge in [-0.3, -0.25) is 0 Å². The molecule has 4 aliphatic carbocycles. The molecular weight excluding hydrogens is 270 g/mol. The van der Waals surface area contributed by atoms with Crippen LogP contribution in [0.2, 0.25) is 0 Å². The summed E-state index contributed by atoms with van der Waals surface area (Å²) >= 11 is 0. The summed E-state index contributed by atoms with van der Waals surface area (Å²) in [6, 6.07) is 2.57. The molecule has 2 nitrogen and oxygen atoms in total. The van der Waals surface area contributed by atoms with Gasteiger partial charge in [-0.25, -0.2) is 0 Å². The Morgan fingerprint density at radius 2 is 1.82 bits per heavy atom. The number of fused-ring (bicyclic) bond motifs is 5. The molecule has 0 amide bonds. The fraction of sp³-hybridized carbons (Fsp3) is 0.950. The van der Waals surface area contributed by atoms with E-state index in [2.05, 4.69) is 19.9 Å². The summed E-state index contributed by atoms with van der Waals surface area (Å²) in [7, 11) is 0. The SMILES string of the molecule is CC12CC(O)C3C(CCC4CCCCC43C)C1CCC2C#N. The molecule has 1 N–H and O–H groups in total. The van der Waals surface area contributed by atoms with E-state index in [9.17, 15) is 10.4 Å². The Bertz CT molecular complexity index is 496. The van der Waals surface area contributed by atoms with Crippen LogP contribution in [-0.2, 0) is 0 Å². The zero-order valence-corrected chi connectivity index (χ0v) is 14.2. The molecule has 4 saturated carbocycles. The van der Waals surface area contributed by atoms with Crippen LogP contribution < -0.4 is 0 Å². The topological polar surface area (TPSA) is 44.0 Å². The van der Waals surface area contributed by atoms with Gasteiger partial charge in [-0.2, -0.15) is 5.26 Å². The lowest BCUT2D eigenvalue weighted by atomic mass is 9.44. The van der Waals surface area contributed by atoms with Crippen molar-refractivity contribution in [2.75, 3.05) is 0 Å².